The Morgan fingerprint density at radius 3 is 2.06 bits per heavy atom. The van der Waals surface area contributed by atoms with Gasteiger partial charge in [0.25, 0.3) is 0 Å². The number of hydrogen-bond donors (Lipinski definition) is 1. The van der Waals surface area contributed by atoms with E-state index < -0.39 is 23.1 Å². The fourth-order valence-electron chi connectivity index (χ4n) is 2.60. The summed E-state index contributed by atoms with van der Waals surface area (Å²) in [4.78, 5) is 11.5. The van der Waals surface area contributed by atoms with Crippen LogP contribution >= 0.6 is 11.8 Å². The largest absolute Gasteiger partial charge is 0.489 e. The van der Waals surface area contributed by atoms with Gasteiger partial charge in [-0.25, -0.2) is 4.79 Å². The van der Waals surface area contributed by atoms with Gasteiger partial charge in [-0.3, -0.25) is 0 Å². The highest BCUT2D eigenvalue weighted by atomic mass is 32.2. The molecule has 3 rings (SSSR count). The van der Waals surface area contributed by atoms with Gasteiger partial charge < -0.3 is 14.6 Å². The number of halogens is 3. The second-order valence-corrected chi connectivity index (χ2v) is 7.59. The Hall–Kier alpha value is -3.13. The van der Waals surface area contributed by atoms with Crippen molar-refractivity contribution in [2.45, 2.75) is 24.0 Å². The monoisotopic (exact) mass is 448 g/mol. The maximum absolute atomic E-state index is 12.6. The van der Waals surface area contributed by atoms with Gasteiger partial charge >= 0.3 is 12.1 Å². The first-order valence-corrected chi connectivity index (χ1v) is 10.3. The molecular formula is C23H19F3O4S. The summed E-state index contributed by atoms with van der Waals surface area (Å²) in [7, 11) is 0. The fourth-order valence-corrected chi connectivity index (χ4v) is 3.45. The Morgan fingerprint density at radius 2 is 1.48 bits per heavy atom. The Bertz CT molecular complexity index is 974. The molecule has 0 aliphatic heterocycles. The SMILES string of the molecule is O=C(O)C(Oc1ccc(OCc2ccc(C(F)(F)F)cc2)cc1)SCc1ccccc1. The molecule has 0 amide bonds. The van der Waals surface area contributed by atoms with Crippen LogP contribution in [0.3, 0.4) is 0 Å². The maximum atomic E-state index is 12.6. The number of hydrogen-bond acceptors (Lipinski definition) is 4. The predicted octanol–water partition coefficient (Wildman–Crippen LogP) is 6.01. The fraction of sp³-hybridized carbons (Fsp3) is 0.174. The second-order valence-electron chi connectivity index (χ2n) is 6.54. The Labute approximate surface area is 181 Å². The first-order chi connectivity index (χ1) is 14.8. The van der Waals surface area contributed by atoms with Gasteiger partial charge in [0.05, 0.1) is 5.56 Å². The lowest BCUT2D eigenvalue weighted by molar-refractivity contribution is -0.141. The van der Waals surface area contributed by atoms with Gasteiger partial charge in [0, 0.05) is 5.75 Å². The number of carboxylic acids is 1. The van der Waals surface area contributed by atoms with Crippen molar-refractivity contribution in [2.24, 2.45) is 0 Å². The molecule has 0 bridgehead atoms. The minimum Gasteiger partial charge on any atom is -0.489 e. The van der Waals surface area contributed by atoms with E-state index in [0.29, 0.717) is 22.8 Å². The summed E-state index contributed by atoms with van der Waals surface area (Å²) < 4.78 is 48.9. The van der Waals surface area contributed by atoms with Crippen molar-refractivity contribution < 1.29 is 32.5 Å². The molecule has 1 unspecified atom stereocenters. The third-order valence-corrected chi connectivity index (χ3v) is 5.30. The molecule has 0 spiro atoms. The van der Waals surface area contributed by atoms with Gasteiger partial charge in [0.15, 0.2) is 0 Å². The van der Waals surface area contributed by atoms with Crippen LogP contribution in [0.5, 0.6) is 11.5 Å². The van der Waals surface area contributed by atoms with E-state index in [2.05, 4.69) is 0 Å². The molecule has 0 fully saturated rings. The van der Waals surface area contributed by atoms with Crippen LogP contribution in [0.25, 0.3) is 0 Å². The normalized spacial score (nSPS) is 12.2. The molecule has 0 saturated carbocycles. The zero-order valence-electron chi connectivity index (χ0n) is 16.2. The van der Waals surface area contributed by atoms with E-state index in [0.717, 1.165) is 29.5 Å². The molecule has 0 heterocycles. The zero-order valence-corrected chi connectivity index (χ0v) is 17.0. The molecule has 0 radical (unpaired) electrons. The van der Waals surface area contributed by atoms with Crippen LogP contribution in [0, 0.1) is 0 Å². The van der Waals surface area contributed by atoms with Gasteiger partial charge in [0.1, 0.15) is 18.1 Å². The molecule has 0 aliphatic rings. The molecule has 0 aliphatic carbocycles. The van der Waals surface area contributed by atoms with Crippen LogP contribution in [0.4, 0.5) is 13.2 Å². The standard InChI is InChI=1S/C23H19F3O4S/c24-23(25,26)18-8-6-16(7-9-18)14-29-19-10-12-20(13-11-19)30-22(21(27)28)31-15-17-4-2-1-3-5-17/h1-13,22H,14-15H2,(H,27,28). The maximum Gasteiger partial charge on any atom is 0.416 e. The zero-order chi connectivity index (χ0) is 22.3. The van der Waals surface area contributed by atoms with Crippen LogP contribution in [0.2, 0.25) is 0 Å². The lowest BCUT2D eigenvalue weighted by Gasteiger charge is -2.15. The molecule has 8 heteroatoms. The highest BCUT2D eigenvalue weighted by molar-refractivity contribution is 7.99. The summed E-state index contributed by atoms with van der Waals surface area (Å²) in [6.45, 7) is 0.100. The number of benzene rings is 3. The molecular weight excluding hydrogens is 429 g/mol. The molecule has 0 saturated heterocycles. The summed E-state index contributed by atoms with van der Waals surface area (Å²) in [5.74, 6) is 0.265. The van der Waals surface area contributed by atoms with Crippen LogP contribution < -0.4 is 9.47 Å². The average Bonchev–Trinajstić information content (AvgIpc) is 2.76. The van der Waals surface area contributed by atoms with Gasteiger partial charge in [-0.15, -0.1) is 11.8 Å². The van der Waals surface area contributed by atoms with Crippen molar-refractivity contribution in [2.75, 3.05) is 0 Å². The number of ether oxygens (including phenoxy) is 2. The minimum atomic E-state index is -4.37. The van der Waals surface area contributed by atoms with Crippen molar-refractivity contribution >= 4 is 17.7 Å². The first kappa shape index (κ1) is 22.6. The highest BCUT2D eigenvalue weighted by Gasteiger charge is 2.29. The van der Waals surface area contributed by atoms with Crippen LogP contribution in [0.1, 0.15) is 16.7 Å². The van der Waals surface area contributed by atoms with Gasteiger partial charge in [-0.2, -0.15) is 13.2 Å². The molecule has 3 aromatic carbocycles. The van der Waals surface area contributed by atoms with Gasteiger partial charge in [-0.1, -0.05) is 42.5 Å². The molecule has 4 nitrogen and oxygen atoms in total. The van der Waals surface area contributed by atoms with E-state index in [1.807, 2.05) is 30.3 Å². The topological polar surface area (TPSA) is 55.8 Å². The molecule has 3 aromatic rings. The van der Waals surface area contributed by atoms with Crippen LogP contribution in [-0.4, -0.2) is 16.5 Å². The number of thioether (sulfide) groups is 1. The predicted molar refractivity (Wildman–Crippen MR) is 112 cm³/mol. The van der Waals surface area contributed by atoms with Crippen molar-refractivity contribution in [1.82, 2.24) is 0 Å². The summed E-state index contributed by atoms with van der Waals surface area (Å²) in [6.07, 6.45) is -4.37. The first-order valence-electron chi connectivity index (χ1n) is 9.25. The van der Waals surface area contributed by atoms with Crippen molar-refractivity contribution in [3.05, 3.63) is 95.6 Å². The van der Waals surface area contributed by atoms with E-state index >= 15 is 0 Å². The van der Waals surface area contributed by atoms with Crippen LogP contribution in [0.15, 0.2) is 78.9 Å². The number of carbonyl (C=O) groups is 1. The summed E-state index contributed by atoms with van der Waals surface area (Å²) in [5.41, 5.74) is -0.194. The van der Waals surface area contributed by atoms with E-state index in [1.54, 1.807) is 24.3 Å². The Kier molecular flexibility index (Phi) is 7.46. The molecule has 0 aromatic heterocycles. The summed E-state index contributed by atoms with van der Waals surface area (Å²) >= 11 is 1.16. The Balaban J connectivity index is 1.53. The second kappa shape index (κ2) is 10.3. The minimum absolute atomic E-state index is 0.100. The third-order valence-electron chi connectivity index (χ3n) is 4.20. The van der Waals surface area contributed by atoms with Crippen LogP contribution in [-0.2, 0) is 23.3 Å². The molecule has 162 valence electrons. The third kappa shape index (κ3) is 6.96. The summed E-state index contributed by atoms with van der Waals surface area (Å²) in [6, 6.07) is 20.6. The van der Waals surface area contributed by atoms with Gasteiger partial charge in [0.2, 0.25) is 5.44 Å². The summed E-state index contributed by atoms with van der Waals surface area (Å²) in [5, 5.41) is 9.41. The number of aliphatic carboxylic acids is 1. The van der Waals surface area contributed by atoms with Crippen molar-refractivity contribution in [1.29, 1.82) is 0 Å². The molecule has 1 N–H and O–H groups in total. The van der Waals surface area contributed by atoms with Gasteiger partial charge in [-0.05, 0) is 47.5 Å². The Morgan fingerprint density at radius 1 is 0.871 bits per heavy atom. The number of alkyl halides is 3. The van der Waals surface area contributed by atoms with E-state index in [1.165, 1.54) is 12.1 Å². The molecule has 31 heavy (non-hydrogen) atoms. The van der Waals surface area contributed by atoms with Crippen molar-refractivity contribution in [3.63, 3.8) is 0 Å². The average molecular weight is 448 g/mol. The van der Waals surface area contributed by atoms with E-state index in [-0.39, 0.29) is 6.61 Å². The number of carboxylic acid groups (broad SMARTS) is 1. The highest BCUT2D eigenvalue weighted by Crippen LogP contribution is 2.29. The lowest BCUT2D eigenvalue weighted by Crippen LogP contribution is -2.23. The lowest BCUT2D eigenvalue weighted by atomic mass is 10.1. The van der Waals surface area contributed by atoms with Crippen molar-refractivity contribution in [3.8, 4) is 11.5 Å². The number of rotatable bonds is 9. The van der Waals surface area contributed by atoms with E-state index in [4.69, 9.17) is 9.47 Å². The molecule has 1 atom stereocenters. The quantitative estimate of drug-likeness (QED) is 0.407. The van der Waals surface area contributed by atoms with E-state index in [9.17, 15) is 23.1 Å². The smallest absolute Gasteiger partial charge is 0.416 e.